The number of aromatic nitrogens is 1. The predicted octanol–water partition coefficient (Wildman–Crippen LogP) is 2.79. The van der Waals surface area contributed by atoms with E-state index in [0.29, 0.717) is 23.3 Å². The van der Waals surface area contributed by atoms with Crippen LogP contribution in [-0.4, -0.2) is 28.3 Å². The average Bonchev–Trinajstić information content (AvgIpc) is 2.68. The van der Waals surface area contributed by atoms with Gasteiger partial charge in [-0.05, 0) is 40.9 Å². The first kappa shape index (κ1) is 14.5. The standard InChI is InChI=1S/C13H15BrN2O2S/c1-8-3-4-11(13(14)15-8)16-6-10(5-12(16)18)7-19-9(2)17/h3-4,10H,5-7H2,1-2H3. The highest BCUT2D eigenvalue weighted by molar-refractivity contribution is 9.10. The molecule has 1 saturated heterocycles. The summed E-state index contributed by atoms with van der Waals surface area (Å²) < 4.78 is 0.695. The van der Waals surface area contributed by atoms with Crippen LogP contribution in [0.25, 0.3) is 0 Å². The van der Waals surface area contributed by atoms with Crippen molar-refractivity contribution in [3.05, 3.63) is 22.4 Å². The zero-order chi connectivity index (χ0) is 14.0. The van der Waals surface area contributed by atoms with E-state index in [-0.39, 0.29) is 16.9 Å². The van der Waals surface area contributed by atoms with E-state index in [1.165, 1.54) is 11.8 Å². The molecule has 19 heavy (non-hydrogen) atoms. The first-order chi connectivity index (χ1) is 8.97. The van der Waals surface area contributed by atoms with Gasteiger partial charge in [0.1, 0.15) is 4.60 Å². The summed E-state index contributed by atoms with van der Waals surface area (Å²) in [5.41, 5.74) is 1.72. The number of aryl methyl sites for hydroxylation is 1. The number of pyridine rings is 1. The Morgan fingerprint density at radius 3 is 2.95 bits per heavy atom. The van der Waals surface area contributed by atoms with Gasteiger partial charge in [-0.2, -0.15) is 0 Å². The van der Waals surface area contributed by atoms with Gasteiger partial charge in [0.25, 0.3) is 0 Å². The van der Waals surface area contributed by atoms with Crippen molar-refractivity contribution >= 4 is 44.4 Å². The minimum absolute atomic E-state index is 0.0977. The van der Waals surface area contributed by atoms with Gasteiger partial charge in [-0.3, -0.25) is 9.59 Å². The van der Waals surface area contributed by atoms with E-state index in [9.17, 15) is 9.59 Å². The van der Waals surface area contributed by atoms with Crippen molar-refractivity contribution in [3.63, 3.8) is 0 Å². The molecule has 0 spiro atoms. The van der Waals surface area contributed by atoms with Gasteiger partial charge in [0.05, 0.1) is 5.69 Å². The van der Waals surface area contributed by atoms with Gasteiger partial charge in [0.15, 0.2) is 5.12 Å². The van der Waals surface area contributed by atoms with Crippen LogP contribution >= 0.6 is 27.7 Å². The molecule has 1 unspecified atom stereocenters. The van der Waals surface area contributed by atoms with Crippen LogP contribution in [0.3, 0.4) is 0 Å². The third-order valence-corrected chi connectivity index (χ3v) is 4.61. The Bertz CT molecular complexity index is 521. The lowest BCUT2D eigenvalue weighted by molar-refractivity contribution is -0.117. The molecule has 1 atom stereocenters. The molecule has 0 aliphatic carbocycles. The fraction of sp³-hybridized carbons (Fsp3) is 0.462. The molecule has 2 heterocycles. The molecule has 0 bridgehead atoms. The molecule has 2 rings (SSSR count). The van der Waals surface area contributed by atoms with Crippen LogP contribution in [0, 0.1) is 12.8 Å². The van der Waals surface area contributed by atoms with Crippen LogP contribution < -0.4 is 4.90 Å². The van der Waals surface area contributed by atoms with Gasteiger partial charge < -0.3 is 4.90 Å². The van der Waals surface area contributed by atoms with Crippen molar-refractivity contribution in [2.24, 2.45) is 5.92 Å². The molecule has 0 radical (unpaired) electrons. The van der Waals surface area contributed by atoms with Crippen molar-refractivity contribution in [1.82, 2.24) is 4.98 Å². The molecule has 1 amide bonds. The van der Waals surface area contributed by atoms with Gasteiger partial charge in [-0.15, -0.1) is 0 Å². The van der Waals surface area contributed by atoms with E-state index >= 15 is 0 Å². The molecule has 1 fully saturated rings. The molecular formula is C13H15BrN2O2S. The summed E-state index contributed by atoms with van der Waals surface area (Å²) in [5, 5.41) is 0.101. The Kier molecular flexibility index (Phi) is 4.62. The fourth-order valence-electron chi connectivity index (χ4n) is 2.08. The molecule has 0 aromatic carbocycles. The second kappa shape index (κ2) is 6.05. The van der Waals surface area contributed by atoms with Crippen molar-refractivity contribution in [2.75, 3.05) is 17.2 Å². The molecule has 4 nitrogen and oxygen atoms in total. The van der Waals surface area contributed by atoms with Gasteiger partial charge in [0, 0.05) is 31.3 Å². The number of amides is 1. The highest BCUT2D eigenvalue weighted by Gasteiger charge is 2.31. The minimum atomic E-state index is 0.0977. The van der Waals surface area contributed by atoms with E-state index in [1.54, 1.807) is 11.8 Å². The molecular weight excluding hydrogens is 328 g/mol. The summed E-state index contributed by atoms with van der Waals surface area (Å²) in [4.78, 5) is 29.1. The maximum atomic E-state index is 12.1. The summed E-state index contributed by atoms with van der Waals surface area (Å²) in [6.07, 6.45) is 0.501. The largest absolute Gasteiger partial charge is 0.310 e. The second-order valence-corrected chi connectivity index (χ2v) is 6.59. The third kappa shape index (κ3) is 3.57. The number of hydrogen-bond acceptors (Lipinski definition) is 4. The molecule has 1 aromatic heterocycles. The van der Waals surface area contributed by atoms with E-state index < -0.39 is 0 Å². The quantitative estimate of drug-likeness (QED) is 0.792. The van der Waals surface area contributed by atoms with Crippen molar-refractivity contribution in [3.8, 4) is 0 Å². The molecule has 0 N–H and O–H groups in total. The van der Waals surface area contributed by atoms with Crippen molar-refractivity contribution < 1.29 is 9.59 Å². The summed E-state index contributed by atoms with van der Waals surface area (Å²) >= 11 is 4.69. The van der Waals surface area contributed by atoms with E-state index in [4.69, 9.17) is 0 Å². The summed E-state index contributed by atoms with van der Waals surface area (Å²) in [6, 6.07) is 3.80. The minimum Gasteiger partial charge on any atom is -0.310 e. The van der Waals surface area contributed by atoms with Gasteiger partial charge in [0.2, 0.25) is 5.91 Å². The summed E-state index contributed by atoms with van der Waals surface area (Å²) in [6.45, 7) is 4.12. The zero-order valence-electron chi connectivity index (χ0n) is 10.9. The first-order valence-corrected chi connectivity index (χ1v) is 7.82. The lowest BCUT2D eigenvalue weighted by Crippen LogP contribution is -2.25. The Morgan fingerprint density at radius 2 is 2.32 bits per heavy atom. The van der Waals surface area contributed by atoms with E-state index in [0.717, 1.165) is 11.4 Å². The number of hydrogen-bond donors (Lipinski definition) is 0. The average molecular weight is 343 g/mol. The van der Waals surface area contributed by atoms with E-state index in [1.807, 2.05) is 19.1 Å². The fourth-order valence-corrected chi connectivity index (χ4v) is 3.40. The van der Waals surface area contributed by atoms with Gasteiger partial charge in [-0.25, -0.2) is 4.98 Å². The number of carbonyl (C=O) groups is 2. The van der Waals surface area contributed by atoms with Crippen LogP contribution in [-0.2, 0) is 9.59 Å². The number of halogens is 1. The number of carbonyl (C=O) groups excluding carboxylic acids is 2. The van der Waals surface area contributed by atoms with Crippen LogP contribution in [0.2, 0.25) is 0 Å². The number of rotatable bonds is 3. The number of anilines is 1. The summed E-state index contributed by atoms with van der Waals surface area (Å²) in [7, 11) is 0. The van der Waals surface area contributed by atoms with Gasteiger partial charge >= 0.3 is 0 Å². The highest BCUT2D eigenvalue weighted by Crippen LogP contribution is 2.31. The Balaban J connectivity index is 2.09. The Labute approximate surface area is 125 Å². The molecule has 0 saturated carbocycles. The summed E-state index contributed by atoms with van der Waals surface area (Å²) in [5.74, 6) is 1.03. The van der Waals surface area contributed by atoms with Crippen LogP contribution in [0.4, 0.5) is 5.69 Å². The maximum Gasteiger partial charge on any atom is 0.227 e. The normalized spacial score (nSPS) is 19.0. The van der Waals surface area contributed by atoms with Crippen LogP contribution in [0.5, 0.6) is 0 Å². The van der Waals surface area contributed by atoms with Crippen molar-refractivity contribution in [2.45, 2.75) is 20.3 Å². The predicted molar refractivity (Wildman–Crippen MR) is 80.3 cm³/mol. The highest BCUT2D eigenvalue weighted by atomic mass is 79.9. The molecule has 1 aliphatic rings. The third-order valence-electron chi connectivity index (χ3n) is 2.99. The second-order valence-electron chi connectivity index (χ2n) is 4.64. The SMILES string of the molecule is CC(=O)SCC1CC(=O)N(c2ccc(C)nc2Br)C1. The molecule has 1 aromatic rings. The number of nitrogens with zero attached hydrogens (tertiary/aromatic N) is 2. The molecule has 6 heteroatoms. The smallest absolute Gasteiger partial charge is 0.227 e. The topological polar surface area (TPSA) is 50.3 Å². The van der Waals surface area contributed by atoms with Crippen molar-refractivity contribution in [1.29, 1.82) is 0 Å². The molecule has 1 aliphatic heterocycles. The lowest BCUT2D eigenvalue weighted by atomic mass is 10.1. The Hall–Kier alpha value is -0.880. The Morgan fingerprint density at radius 1 is 1.58 bits per heavy atom. The monoisotopic (exact) mass is 342 g/mol. The number of thioether (sulfide) groups is 1. The van der Waals surface area contributed by atoms with E-state index in [2.05, 4.69) is 20.9 Å². The van der Waals surface area contributed by atoms with Gasteiger partial charge in [-0.1, -0.05) is 11.8 Å². The zero-order valence-corrected chi connectivity index (χ0v) is 13.3. The first-order valence-electron chi connectivity index (χ1n) is 6.04. The molecule has 102 valence electrons. The lowest BCUT2D eigenvalue weighted by Gasteiger charge is -2.18. The maximum absolute atomic E-state index is 12.1. The van der Waals surface area contributed by atoms with Crippen LogP contribution in [0.15, 0.2) is 16.7 Å². The van der Waals surface area contributed by atoms with Crippen LogP contribution in [0.1, 0.15) is 19.0 Å².